The summed E-state index contributed by atoms with van der Waals surface area (Å²) in [7, 11) is 0. The number of nitrogens with one attached hydrogen (secondary N) is 1. The predicted molar refractivity (Wildman–Crippen MR) is 82.4 cm³/mol. The second-order valence-electron chi connectivity index (χ2n) is 6.46. The Morgan fingerprint density at radius 3 is 2.86 bits per heavy atom. The SMILES string of the molecule is CCCCCC(CCN1C(=O)N[C@@H]2C[C@H](O)C[C@@H]21)OC(C)=O. The summed E-state index contributed by atoms with van der Waals surface area (Å²) in [6.45, 7) is 4.14. The minimum absolute atomic E-state index is 0.0583. The molecule has 2 fully saturated rings. The lowest BCUT2D eigenvalue weighted by Crippen LogP contribution is -2.37. The number of ether oxygens (including phenoxy) is 1. The molecule has 0 spiro atoms. The van der Waals surface area contributed by atoms with Gasteiger partial charge in [0.15, 0.2) is 0 Å². The summed E-state index contributed by atoms with van der Waals surface area (Å²) in [6.07, 6.45) is 5.62. The normalized spacial score (nSPS) is 28.4. The average molecular weight is 312 g/mol. The molecule has 0 aromatic carbocycles. The van der Waals surface area contributed by atoms with Crippen LogP contribution in [0.15, 0.2) is 0 Å². The molecule has 6 heteroatoms. The number of hydrogen-bond acceptors (Lipinski definition) is 4. The molecule has 1 aliphatic carbocycles. The van der Waals surface area contributed by atoms with E-state index in [9.17, 15) is 14.7 Å². The first-order valence-corrected chi connectivity index (χ1v) is 8.43. The minimum Gasteiger partial charge on any atom is -0.462 e. The van der Waals surface area contributed by atoms with Gasteiger partial charge in [0.25, 0.3) is 0 Å². The van der Waals surface area contributed by atoms with Crippen molar-refractivity contribution < 1.29 is 19.4 Å². The number of fused-ring (bicyclic) bond motifs is 1. The lowest BCUT2D eigenvalue weighted by atomic mass is 10.1. The van der Waals surface area contributed by atoms with Gasteiger partial charge in [0.1, 0.15) is 6.10 Å². The van der Waals surface area contributed by atoms with E-state index < -0.39 is 0 Å². The van der Waals surface area contributed by atoms with Crippen LogP contribution in [0.5, 0.6) is 0 Å². The summed E-state index contributed by atoms with van der Waals surface area (Å²) in [5, 5.41) is 12.7. The second-order valence-corrected chi connectivity index (χ2v) is 6.46. The molecule has 1 unspecified atom stereocenters. The maximum atomic E-state index is 12.0. The van der Waals surface area contributed by atoms with Gasteiger partial charge < -0.3 is 20.1 Å². The van der Waals surface area contributed by atoms with Crippen LogP contribution < -0.4 is 5.32 Å². The first-order valence-electron chi connectivity index (χ1n) is 8.43. The number of rotatable bonds is 8. The molecule has 4 atom stereocenters. The number of hydrogen-bond donors (Lipinski definition) is 2. The van der Waals surface area contributed by atoms with Crippen molar-refractivity contribution in [2.75, 3.05) is 6.54 Å². The fraction of sp³-hybridized carbons (Fsp3) is 0.875. The summed E-state index contributed by atoms with van der Waals surface area (Å²) in [5.74, 6) is -0.262. The highest BCUT2D eigenvalue weighted by atomic mass is 16.5. The zero-order valence-electron chi connectivity index (χ0n) is 13.6. The van der Waals surface area contributed by atoms with Gasteiger partial charge in [0.2, 0.25) is 0 Å². The Balaban J connectivity index is 1.84. The first-order chi connectivity index (χ1) is 10.5. The van der Waals surface area contributed by atoms with E-state index in [2.05, 4.69) is 12.2 Å². The molecule has 0 aromatic heterocycles. The van der Waals surface area contributed by atoms with Gasteiger partial charge in [-0.05, 0) is 25.7 Å². The number of nitrogens with zero attached hydrogens (tertiary/aromatic N) is 1. The van der Waals surface area contributed by atoms with Gasteiger partial charge >= 0.3 is 12.0 Å². The Morgan fingerprint density at radius 1 is 1.41 bits per heavy atom. The van der Waals surface area contributed by atoms with Crippen LogP contribution in [-0.2, 0) is 9.53 Å². The van der Waals surface area contributed by atoms with Crippen LogP contribution in [-0.4, -0.2) is 52.8 Å². The molecular formula is C16H28N2O4. The van der Waals surface area contributed by atoms with Crippen molar-refractivity contribution in [1.82, 2.24) is 10.2 Å². The van der Waals surface area contributed by atoms with Crippen molar-refractivity contribution >= 4 is 12.0 Å². The number of amides is 2. The Morgan fingerprint density at radius 2 is 2.18 bits per heavy atom. The fourth-order valence-corrected chi connectivity index (χ4v) is 3.55. The lowest BCUT2D eigenvalue weighted by molar-refractivity contribution is -0.147. The standard InChI is InChI=1S/C16H28N2O4/c1-3-4-5-6-13(22-11(2)19)7-8-18-15-10-12(20)9-14(15)17-16(18)21/h12-15,20H,3-10H2,1-2H3,(H,17,21)/t12-,13?,14+,15-/m0/s1. The highest BCUT2D eigenvalue weighted by molar-refractivity contribution is 5.78. The molecule has 2 N–H and O–H groups in total. The molecular weight excluding hydrogens is 284 g/mol. The molecule has 2 aliphatic rings. The molecule has 0 bridgehead atoms. The number of carbonyl (C=O) groups excluding carboxylic acids is 2. The molecule has 0 aromatic rings. The molecule has 2 amide bonds. The van der Waals surface area contributed by atoms with Crippen molar-refractivity contribution in [3.8, 4) is 0 Å². The topological polar surface area (TPSA) is 78.9 Å². The number of esters is 1. The molecule has 1 saturated heterocycles. The van der Waals surface area contributed by atoms with Crippen LogP contribution in [0.4, 0.5) is 4.79 Å². The summed E-state index contributed by atoms with van der Waals surface area (Å²) in [5.41, 5.74) is 0. The summed E-state index contributed by atoms with van der Waals surface area (Å²) in [4.78, 5) is 25.0. The van der Waals surface area contributed by atoms with Gasteiger partial charge in [-0.3, -0.25) is 4.79 Å². The van der Waals surface area contributed by atoms with Crippen LogP contribution >= 0.6 is 0 Å². The monoisotopic (exact) mass is 312 g/mol. The van der Waals surface area contributed by atoms with Gasteiger partial charge in [-0.1, -0.05) is 19.8 Å². The van der Waals surface area contributed by atoms with Crippen LogP contribution in [0.1, 0.15) is 58.8 Å². The molecule has 2 rings (SSSR count). The summed E-state index contributed by atoms with van der Waals surface area (Å²) >= 11 is 0. The smallest absolute Gasteiger partial charge is 0.318 e. The van der Waals surface area contributed by atoms with Crippen LogP contribution in [0.25, 0.3) is 0 Å². The maximum absolute atomic E-state index is 12.0. The summed E-state index contributed by atoms with van der Waals surface area (Å²) in [6, 6.07) is 0.0860. The highest BCUT2D eigenvalue weighted by Crippen LogP contribution is 2.30. The molecule has 22 heavy (non-hydrogen) atoms. The zero-order valence-corrected chi connectivity index (χ0v) is 13.6. The second kappa shape index (κ2) is 7.81. The Kier molecular flexibility index (Phi) is 6.06. The summed E-state index contributed by atoms with van der Waals surface area (Å²) < 4.78 is 5.38. The quantitative estimate of drug-likeness (QED) is 0.529. The Hall–Kier alpha value is -1.30. The van der Waals surface area contributed by atoms with E-state index in [-0.39, 0.29) is 36.3 Å². The largest absolute Gasteiger partial charge is 0.462 e. The molecule has 0 radical (unpaired) electrons. The zero-order chi connectivity index (χ0) is 16.1. The molecule has 126 valence electrons. The van der Waals surface area contributed by atoms with Crippen LogP contribution in [0, 0.1) is 0 Å². The molecule has 1 heterocycles. The van der Waals surface area contributed by atoms with E-state index in [0.717, 1.165) is 25.7 Å². The minimum atomic E-state index is -0.327. The fourth-order valence-electron chi connectivity index (χ4n) is 3.55. The van der Waals surface area contributed by atoms with E-state index in [1.165, 1.54) is 6.92 Å². The van der Waals surface area contributed by atoms with E-state index in [1.807, 2.05) is 0 Å². The van der Waals surface area contributed by atoms with E-state index in [1.54, 1.807) is 4.90 Å². The van der Waals surface area contributed by atoms with Gasteiger partial charge in [-0.25, -0.2) is 4.79 Å². The van der Waals surface area contributed by atoms with E-state index >= 15 is 0 Å². The number of aliphatic hydroxyl groups excluding tert-OH is 1. The predicted octanol–water partition coefficient (Wildman–Crippen LogP) is 1.81. The van der Waals surface area contributed by atoms with E-state index in [0.29, 0.717) is 25.8 Å². The lowest BCUT2D eigenvalue weighted by Gasteiger charge is -2.25. The Bertz CT molecular complexity index is 402. The molecule has 1 saturated carbocycles. The molecule has 1 aliphatic heterocycles. The van der Waals surface area contributed by atoms with Gasteiger partial charge in [-0.15, -0.1) is 0 Å². The molecule has 6 nitrogen and oxygen atoms in total. The van der Waals surface area contributed by atoms with Crippen molar-refractivity contribution in [2.45, 2.75) is 83.1 Å². The first kappa shape index (κ1) is 17.1. The highest BCUT2D eigenvalue weighted by Gasteiger charge is 2.45. The van der Waals surface area contributed by atoms with Gasteiger partial charge in [0, 0.05) is 19.9 Å². The van der Waals surface area contributed by atoms with Crippen LogP contribution in [0.2, 0.25) is 0 Å². The Labute approximate surface area is 132 Å². The third-order valence-corrected chi connectivity index (χ3v) is 4.63. The van der Waals surface area contributed by atoms with Crippen molar-refractivity contribution in [3.63, 3.8) is 0 Å². The maximum Gasteiger partial charge on any atom is 0.318 e. The van der Waals surface area contributed by atoms with Gasteiger partial charge in [-0.2, -0.15) is 0 Å². The van der Waals surface area contributed by atoms with Gasteiger partial charge in [0.05, 0.1) is 18.2 Å². The number of urea groups is 1. The third-order valence-electron chi connectivity index (χ3n) is 4.63. The number of carbonyl (C=O) groups is 2. The number of unbranched alkanes of at least 4 members (excludes halogenated alkanes) is 2. The van der Waals surface area contributed by atoms with E-state index in [4.69, 9.17) is 4.74 Å². The van der Waals surface area contributed by atoms with Crippen molar-refractivity contribution in [2.24, 2.45) is 0 Å². The van der Waals surface area contributed by atoms with Crippen molar-refractivity contribution in [3.05, 3.63) is 0 Å². The van der Waals surface area contributed by atoms with Crippen LogP contribution in [0.3, 0.4) is 0 Å². The number of aliphatic hydroxyl groups is 1. The third kappa shape index (κ3) is 4.35. The van der Waals surface area contributed by atoms with Crippen molar-refractivity contribution in [1.29, 1.82) is 0 Å². The average Bonchev–Trinajstić information content (AvgIpc) is 2.91.